The third kappa shape index (κ3) is 4.83. The number of hydrogen-bond acceptors (Lipinski definition) is 5. The van der Waals surface area contributed by atoms with E-state index in [4.69, 9.17) is 14.0 Å². The van der Waals surface area contributed by atoms with E-state index in [9.17, 15) is 4.39 Å². The normalized spacial score (nSPS) is 16.9. The molecule has 1 aromatic heterocycles. The largest absolute Gasteiger partial charge is 0.491 e. The zero-order valence-electron chi connectivity index (χ0n) is 20.2. The molecule has 2 heterocycles. The molecule has 0 spiro atoms. The molecule has 181 valence electrons. The molecular formula is C29H30FN2O3. The van der Waals surface area contributed by atoms with Crippen molar-refractivity contribution in [3.05, 3.63) is 83.8 Å². The van der Waals surface area contributed by atoms with Gasteiger partial charge in [-0.3, -0.25) is 0 Å². The Morgan fingerprint density at radius 1 is 1.17 bits per heavy atom. The fourth-order valence-electron chi connectivity index (χ4n) is 4.95. The predicted octanol–water partition coefficient (Wildman–Crippen LogP) is 6.91. The van der Waals surface area contributed by atoms with Crippen LogP contribution in [0.1, 0.15) is 49.9 Å². The van der Waals surface area contributed by atoms with Gasteiger partial charge in [0.15, 0.2) is 17.1 Å². The molecule has 6 heteroatoms. The molecule has 0 N–H and O–H groups in total. The molecule has 4 aromatic rings. The molecule has 1 aliphatic heterocycles. The van der Waals surface area contributed by atoms with E-state index in [0.717, 1.165) is 55.4 Å². The molecule has 1 aliphatic rings. The molecular weight excluding hydrogens is 443 g/mol. The molecule has 35 heavy (non-hydrogen) atoms. The van der Waals surface area contributed by atoms with Crippen LogP contribution < -0.4 is 14.4 Å². The average molecular weight is 474 g/mol. The van der Waals surface area contributed by atoms with Gasteiger partial charge in [-0.15, -0.1) is 0 Å². The Labute approximate surface area is 205 Å². The molecule has 0 bridgehead atoms. The van der Waals surface area contributed by atoms with E-state index in [1.807, 2.05) is 30.3 Å². The maximum Gasteiger partial charge on any atom is 0.184 e. The first-order valence-corrected chi connectivity index (χ1v) is 12.3. The van der Waals surface area contributed by atoms with Gasteiger partial charge in [0.25, 0.3) is 0 Å². The summed E-state index contributed by atoms with van der Waals surface area (Å²) in [5, 5.41) is 5.20. The van der Waals surface area contributed by atoms with E-state index in [-0.39, 0.29) is 18.0 Å². The predicted molar refractivity (Wildman–Crippen MR) is 135 cm³/mol. The van der Waals surface area contributed by atoms with Gasteiger partial charge in [-0.05, 0) is 55.5 Å². The number of halogens is 1. The zero-order valence-corrected chi connectivity index (χ0v) is 20.2. The smallest absolute Gasteiger partial charge is 0.184 e. The maximum absolute atomic E-state index is 13.7. The lowest BCUT2D eigenvalue weighted by molar-refractivity contribution is 0.189. The summed E-state index contributed by atoms with van der Waals surface area (Å²) in [6, 6.07) is 22.1. The summed E-state index contributed by atoms with van der Waals surface area (Å²) in [7, 11) is 1.67. The second-order valence-corrected chi connectivity index (χ2v) is 8.98. The molecule has 3 aromatic carbocycles. The summed E-state index contributed by atoms with van der Waals surface area (Å²) < 4.78 is 31.6. The maximum atomic E-state index is 13.7. The molecule has 5 rings (SSSR count). The standard InChI is InChI=1S/C29H30FN2O3/c1-3-22(18-20-10-5-4-6-11-20)34-26-14-9-13-25(29(26)33-2)32-17-8-7-12-24(32)28-23-16-15-21(30)19-27(23)35-31-28/h4-6,9-11,13,15-16,19,22,24H,3,7-8,12,17-18H2,1-2H3. The number of rotatable bonds is 8. The summed E-state index contributed by atoms with van der Waals surface area (Å²) >= 11 is 0. The minimum atomic E-state index is -0.330. The van der Waals surface area contributed by atoms with Crippen LogP contribution in [0.4, 0.5) is 10.1 Å². The molecule has 0 amide bonds. The van der Waals surface area contributed by atoms with Crippen LogP contribution >= 0.6 is 0 Å². The highest BCUT2D eigenvalue weighted by atomic mass is 19.1. The van der Waals surface area contributed by atoms with Gasteiger partial charge in [0.1, 0.15) is 17.6 Å². The summed E-state index contributed by atoms with van der Waals surface area (Å²) in [6.45, 7) is 2.98. The van der Waals surface area contributed by atoms with Crippen molar-refractivity contribution >= 4 is 16.7 Å². The van der Waals surface area contributed by atoms with Crippen molar-refractivity contribution in [2.24, 2.45) is 0 Å². The SMILES string of the molecule is CCC(Cc1ccccc1)Oc1[c]ccc(N2CCCCC2c2noc3cc(F)ccc23)c1OC. The first-order chi connectivity index (χ1) is 17.2. The van der Waals surface area contributed by atoms with Crippen LogP contribution in [0.15, 0.2) is 65.2 Å². The number of piperidine rings is 1. The van der Waals surface area contributed by atoms with Gasteiger partial charge in [-0.25, -0.2) is 4.39 Å². The molecule has 5 nitrogen and oxygen atoms in total. The first-order valence-electron chi connectivity index (χ1n) is 12.3. The third-order valence-corrected chi connectivity index (χ3v) is 6.73. The second kappa shape index (κ2) is 10.4. The number of methoxy groups -OCH3 is 1. The lowest BCUT2D eigenvalue weighted by atomic mass is 9.96. The van der Waals surface area contributed by atoms with Gasteiger partial charge in [0.2, 0.25) is 0 Å². The molecule has 0 saturated carbocycles. The van der Waals surface area contributed by atoms with Crippen LogP contribution in [0.2, 0.25) is 0 Å². The molecule has 1 fully saturated rings. The summed E-state index contributed by atoms with van der Waals surface area (Å²) in [5.74, 6) is 0.956. The van der Waals surface area contributed by atoms with E-state index >= 15 is 0 Å². The van der Waals surface area contributed by atoms with E-state index in [2.05, 4.69) is 35.2 Å². The molecule has 2 atom stereocenters. The summed E-state index contributed by atoms with van der Waals surface area (Å²) in [5.41, 5.74) is 3.47. The van der Waals surface area contributed by atoms with Crippen LogP contribution in [-0.4, -0.2) is 24.9 Å². The van der Waals surface area contributed by atoms with Crippen LogP contribution in [-0.2, 0) is 6.42 Å². The lowest BCUT2D eigenvalue weighted by Gasteiger charge is -2.37. The van der Waals surface area contributed by atoms with E-state index < -0.39 is 0 Å². The first kappa shape index (κ1) is 23.2. The Morgan fingerprint density at radius 2 is 2.03 bits per heavy atom. The van der Waals surface area contributed by atoms with Crippen molar-refractivity contribution < 1.29 is 18.4 Å². The number of anilines is 1. The number of benzene rings is 3. The quantitative estimate of drug-likeness (QED) is 0.278. The third-order valence-electron chi connectivity index (χ3n) is 6.73. The van der Waals surface area contributed by atoms with Crippen molar-refractivity contribution in [2.45, 2.75) is 51.2 Å². The van der Waals surface area contributed by atoms with E-state index in [1.54, 1.807) is 13.2 Å². The zero-order chi connectivity index (χ0) is 24.2. The van der Waals surface area contributed by atoms with Crippen LogP contribution in [0.3, 0.4) is 0 Å². The van der Waals surface area contributed by atoms with Crippen LogP contribution in [0.5, 0.6) is 11.5 Å². The minimum Gasteiger partial charge on any atom is -0.491 e. The Morgan fingerprint density at radius 3 is 2.83 bits per heavy atom. The second-order valence-electron chi connectivity index (χ2n) is 8.98. The molecule has 1 saturated heterocycles. The number of fused-ring (bicyclic) bond motifs is 1. The minimum absolute atomic E-state index is 0.00401. The van der Waals surface area contributed by atoms with Crippen molar-refractivity contribution in [1.29, 1.82) is 0 Å². The van der Waals surface area contributed by atoms with Gasteiger partial charge in [0.05, 0.1) is 18.8 Å². The van der Waals surface area contributed by atoms with Crippen LogP contribution in [0.25, 0.3) is 11.0 Å². The highest BCUT2D eigenvalue weighted by Gasteiger charge is 2.31. The highest BCUT2D eigenvalue weighted by Crippen LogP contribution is 2.44. The van der Waals surface area contributed by atoms with Crippen molar-refractivity contribution in [3.8, 4) is 11.5 Å². The van der Waals surface area contributed by atoms with Gasteiger partial charge in [0, 0.05) is 30.5 Å². The fourth-order valence-corrected chi connectivity index (χ4v) is 4.95. The van der Waals surface area contributed by atoms with E-state index in [1.165, 1.54) is 17.7 Å². The number of ether oxygens (including phenoxy) is 2. The Hall–Kier alpha value is -3.54. The highest BCUT2D eigenvalue weighted by molar-refractivity contribution is 5.80. The summed E-state index contributed by atoms with van der Waals surface area (Å²) in [4.78, 5) is 2.31. The lowest BCUT2D eigenvalue weighted by Crippen LogP contribution is -2.34. The number of nitrogens with zero attached hydrogens (tertiary/aromatic N) is 2. The monoisotopic (exact) mass is 473 g/mol. The average Bonchev–Trinajstić information content (AvgIpc) is 3.31. The Balaban J connectivity index is 1.46. The molecule has 2 unspecified atom stereocenters. The van der Waals surface area contributed by atoms with Gasteiger partial charge in [-0.1, -0.05) is 42.4 Å². The van der Waals surface area contributed by atoms with Crippen molar-refractivity contribution in [3.63, 3.8) is 0 Å². The van der Waals surface area contributed by atoms with Crippen molar-refractivity contribution in [2.75, 3.05) is 18.6 Å². The summed E-state index contributed by atoms with van der Waals surface area (Å²) in [6.07, 6.45) is 4.74. The number of aromatic nitrogens is 1. The van der Waals surface area contributed by atoms with Crippen molar-refractivity contribution in [1.82, 2.24) is 5.16 Å². The van der Waals surface area contributed by atoms with Gasteiger partial charge >= 0.3 is 0 Å². The number of hydrogen-bond donors (Lipinski definition) is 0. The molecule has 1 radical (unpaired) electrons. The Bertz CT molecular complexity index is 1270. The fraction of sp³-hybridized carbons (Fsp3) is 0.345. The Kier molecular flexibility index (Phi) is 6.89. The van der Waals surface area contributed by atoms with Gasteiger partial charge < -0.3 is 18.9 Å². The van der Waals surface area contributed by atoms with Crippen LogP contribution in [0, 0.1) is 11.9 Å². The topological polar surface area (TPSA) is 47.7 Å². The van der Waals surface area contributed by atoms with Gasteiger partial charge in [-0.2, -0.15) is 0 Å². The molecule has 0 aliphatic carbocycles. The van der Waals surface area contributed by atoms with E-state index in [0.29, 0.717) is 17.1 Å².